The molecule has 0 heterocycles. The van der Waals surface area contributed by atoms with Crippen molar-refractivity contribution in [3.63, 3.8) is 0 Å². The van der Waals surface area contributed by atoms with Crippen LogP contribution >= 0.6 is 0 Å². The van der Waals surface area contributed by atoms with Crippen LogP contribution in [0, 0.1) is 0 Å². The van der Waals surface area contributed by atoms with E-state index in [1.54, 1.807) is 0 Å². The number of anilines is 1. The fourth-order valence-electron chi connectivity index (χ4n) is 1.82. The van der Waals surface area contributed by atoms with Crippen molar-refractivity contribution in [1.82, 2.24) is 0 Å². The minimum Gasteiger partial charge on any atom is -0.433 e. The predicted octanol–water partition coefficient (Wildman–Crippen LogP) is 2.49. The van der Waals surface area contributed by atoms with Crippen LogP contribution in [-0.2, 0) is 19.9 Å². The van der Waals surface area contributed by atoms with Gasteiger partial charge in [-0.2, -0.15) is 8.78 Å². The second kappa shape index (κ2) is 6.73. The largest absolute Gasteiger partial charge is 0.433 e. The first-order chi connectivity index (χ1) is 11.1. The van der Waals surface area contributed by atoms with Gasteiger partial charge in [-0.1, -0.05) is 12.1 Å². The quantitative estimate of drug-likeness (QED) is 0.835. The molecule has 0 saturated carbocycles. The van der Waals surface area contributed by atoms with Crippen LogP contribution < -0.4 is 9.46 Å². The van der Waals surface area contributed by atoms with Crippen LogP contribution in [0.2, 0.25) is 0 Å². The molecule has 0 radical (unpaired) electrons. The van der Waals surface area contributed by atoms with Crippen LogP contribution in [0.4, 0.5) is 14.5 Å². The third-order valence-electron chi connectivity index (χ3n) is 2.91. The summed E-state index contributed by atoms with van der Waals surface area (Å²) in [6, 6.07) is 9.82. The first-order valence-corrected chi connectivity index (χ1v) is 9.84. The average molecular weight is 377 g/mol. The van der Waals surface area contributed by atoms with Crippen molar-refractivity contribution < 1.29 is 30.4 Å². The third kappa shape index (κ3) is 4.42. The molecule has 0 unspecified atom stereocenters. The second-order valence-electron chi connectivity index (χ2n) is 4.72. The number of nitrogens with one attached hydrogen (secondary N) is 1. The fraction of sp³-hybridized carbons (Fsp3) is 0.143. The first kappa shape index (κ1) is 18.1. The molecule has 1 N–H and O–H groups in total. The number of hydrogen-bond acceptors (Lipinski definition) is 5. The lowest BCUT2D eigenvalue weighted by Crippen LogP contribution is -2.15. The summed E-state index contributed by atoms with van der Waals surface area (Å²) in [6.07, 6.45) is 0.993. The van der Waals surface area contributed by atoms with Crippen molar-refractivity contribution in [2.45, 2.75) is 16.4 Å². The molecule has 0 bridgehead atoms. The van der Waals surface area contributed by atoms with E-state index in [0.29, 0.717) is 0 Å². The highest BCUT2D eigenvalue weighted by molar-refractivity contribution is 7.92. The molecule has 0 aromatic heterocycles. The van der Waals surface area contributed by atoms with E-state index < -0.39 is 26.5 Å². The Balaban J connectivity index is 2.32. The van der Waals surface area contributed by atoms with E-state index >= 15 is 0 Å². The molecule has 0 atom stereocenters. The number of halogens is 2. The molecule has 0 fully saturated rings. The van der Waals surface area contributed by atoms with Gasteiger partial charge < -0.3 is 4.74 Å². The summed E-state index contributed by atoms with van der Waals surface area (Å²) in [5, 5.41) is 0. The molecule has 10 heteroatoms. The van der Waals surface area contributed by atoms with E-state index in [1.165, 1.54) is 24.3 Å². The zero-order valence-electron chi connectivity index (χ0n) is 12.3. The van der Waals surface area contributed by atoms with E-state index in [2.05, 4.69) is 9.46 Å². The predicted molar refractivity (Wildman–Crippen MR) is 83.4 cm³/mol. The fourth-order valence-corrected chi connectivity index (χ4v) is 3.52. The van der Waals surface area contributed by atoms with Crippen molar-refractivity contribution in [2.24, 2.45) is 0 Å². The van der Waals surface area contributed by atoms with Gasteiger partial charge in [0.1, 0.15) is 5.75 Å². The minimum atomic E-state index is -4.10. The van der Waals surface area contributed by atoms with Crippen LogP contribution in [-0.4, -0.2) is 29.7 Å². The summed E-state index contributed by atoms with van der Waals surface area (Å²) < 4.78 is 78.4. The van der Waals surface area contributed by atoms with Gasteiger partial charge in [-0.15, -0.1) is 0 Å². The van der Waals surface area contributed by atoms with Gasteiger partial charge in [-0.25, -0.2) is 16.8 Å². The molecule has 130 valence electrons. The number of ether oxygens (including phenoxy) is 1. The Labute approximate surface area is 138 Å². The van der Waals surface area contributed by atoms with Gasteiger partial charge in [-0.3, -0.25) is 4.72 Å². The van der Waals surface area contributed by atoms with E-state index in [-0.39, 0.29) is 21.2 Å². The molecular formula is C14H13F2NO5S2. The van der Waals surface area contributed by atoms with Crippen LogP contribution in [0.15, 0.2) is 58.3 Å². The van der Waals surface area contributed by atoms with Crippen LogP contribution in [0.25, 0.3) is 0 Å². The molecule has 0 aliphatic rings. The van der Waals surface area contributed by atoms with Gasteiger partial charge in [-0.05, 0) is 36.4 Å². The number of para-hydroxylation sites is 2. The Kier molecular flexibility index (Phi) is 5.09. The molecular weight excluding hydrogens is 364 g/mol. The van der Waals surface area contributed by atoms with Gasteiger partial charge in [0.15, 0.2) is 9.84 Å². The Hall–Kier alpha value is -2.20. The van der Waals surface area contributed by atoms with Crippen molar-refractivity contribution in [3.8, 4) is 5.75 Å². The van der Waals surface area contributed by atoms with Crippen LogP contribution in [0.1, 0.15) is 0 Å². The van der Waals surface area contributed by atoms with E-state index in [0.717, 1.165) is 30.5 Å². The number of alkyl halides is 2. The van der Waals surface area contributed by atoms with Crippen molar-refractivity contribution in [2.75, 3.05) is 11.0 Å². The lowest BCUT2D eigenvalue weighted by atomic mass is 10.3. The maximum absolute atomic E-state index is 12.4. The molecule has 24 heavy (non-hydrogen) atoms. The van der Waals surface area contributed by atoms with Crippen molar-refractivity contribution in [1.29, 1.82) is 0 Å². The van der Waals surface area contributed by atoms with Gasteiger partial charge in [0.2, 0.25) is 0 Å². The van der Waals surface area contributed by atoms with E-state index in [9.17, 15) is 25.6 Å². The Morgan fingerprint density at radius 3 is 2.00 bits per heavy atom. The molecule has 0 aliphatic heterocycles. The highest BCUT2D eigenvalue weighted by Gasteiger charge is 2.18. The summed E-state index contributed by atoms with van der Waals surface area (Å²) in [7, 11) is -7.57. The first-order valence-electron chi connectivity index (χ1n) is 6.46. The maximum Gasteiger partial charge on any atom is 0.387 e. The van der Waals surface area contributed by atoms with Gasteiger partial charge in [0.05, 0.1) is 15.5 Å². The maximum atomic E-state index is 12.4. The minimum absolute atomic E-state index is 0.0390. The van der Waals surface area contributed by atoms with E-state index in [4.69, 9.17) is 0 Å². The SMILES string of the molecule is CS(=O)(=O)c1ccc(S(=O)(=O)Nc2ccccc2OC(F)F)cc1. The van der Waals surface area contributed by atoms with Gasteiger partial charge in [0, 0.05) is 6.26 Å². The topological polar surface area (TPSA) is 89.5 Å². The Morgan fingerprint density at radius 1 is 0.917 bits per heavy atom. The standard InChI is InChI=1S/C14H13F2NO5S2/c1-23(18,19)10-6-8-11(9-7-10)24(20,21)17-12-4-2-3-5-13(12)22-14(15)16/h2-9,14,17H,1H3. The van der Waals surface area contributed by atoms with Crippen molar-refractivity contribution >= 4 is 25.5 Å². The molecule has 0 spiro atoms. The van der Waals surface area contributed by atoms with Crippen LogP contribution in [0.3, 0.4) is 0 Å². The molecule has 0 saturated heterocycles. The lowest BCUT2D eigenvalue weighted by Gasteiger charge is -2.13. The van der Waals surface area contributed by atoms with Crippen molar-refractivity contribution in [3.05, 3.63) is 48.5 Å². The van der Waals surface area contributed by atoms with E-state index in [1.807, 2.05) is 0 Å². The second-order valence-corrected chi connectivity index (χ2v) is 8.42. The summed E-state index contributed by atoms with van der Waals surface area (Å²) in [4.78, 5) is -0.260. The Morgan fingerprint density at radius 2 is 1.46 bits per heavy atom. The highest BCUT2D eigenvalue weighted by Crippen LogP contribution is 2.28. The molecule has 2 aromatic rings. The molecule has 0 amide bonds. The summed E-state index contributed by atoms with van der Waals surface area (Å²) in [5.41, 5.74) is -0.162. The average Bonchev–Trinajstić information content (AvgIpc) is 2.48. The third-order valence-corrected chi connectivity index (χ3v) is 5.42. The molecule has 6 nitrogen and oxygen atoms in total. The number of hydrogen-bond donors (Lipinski definition) is 1. The summed E-state index contributed by atoms with van der Waals surface area (Å²) >= 11 is 0. The molecule has 0 aliphatic carbocycles. The lowest BCUT2D eigenvalue weighted by molar-refractivity contribution is -0.0493. The monoisotopic (exact) mass is 377 g/mol. The Bertz CT molecular complexity index is 926. The zero-order chi connectivity index (χ0) is 18.0. The molecule has 2 rings (SSSR count). The summed E-state index contributed by atoms with van der Waals surface area (Å²) in [6.45, 7) is -3.11. The van der Waals surface area contributed by atoms with Gasteiger partial charge >= 0.3 is 6.61 Å². The number of sulfone groups is 1. The number of rotatable bonds is 6. The molecule has 2 aromatic carbocycles. The zero-order valence-corrected chi connectivity index (χ0v) is 13.9. The van der Waals surface area contributed by atoms with Crippen LogP contribution in [0.5, 0.6) is 5.75 Å². The van der Waals surface area contributed by atoms with Gasteiger partial charge in [0.25, 0.3) is 10.0 Å². The smallest absolute Gasteiger partial charge is 0.387 e. The number of benzene rings is 2. The number of sulfonamides is 1. The normalized spacial score (nSPS) is 12.2. The highest BCUT2D eigenvalue weighted by atomic mass is 32.2. The summed E-state index contributed by atoms with van der Waals surface area (Å²) in [5.74, 6) is -0.330.